The molecule has 3 aromatic rings. The van der Waals surface area contributed by atoms with E-state index in [-0.39, 0.29) is 29.2 Å². The molecule has 1 atom stereocenters. The van der Waals surface area contributed by atoms with Gasteiger partial charge in [-0.15, -0.1) is 0 Å². The number of imidazole rings is 1. The van der Waals surface area contributed by atoms with E-state index in [0.717, 1.165) is 11.6 Å². The molecule has 1 aromatic carbocycles. The second-order valence-electron chi connectivity index (χ2n) is 6.10. The van der Waals surface area contributed by atoms with Crippen LogP contribution in [-0.2, 0) is 4.84 Å². The van der Waals surface area contributed by atoms with Crippen LogP contribution in [0.25, 0.3) is 5.52 Å². The maximum atomic E-state index is 14.3. The van der Waals surface area contributed by atoms with Crippen LogP contribution in [0.3, 0.4) is 0 Å². The predicted molar refractivity (Wildman–Crippen MR) is 94.7 cm³/mol. The van der Waals surface area contributed by atoms with Crippen molar-refractivity contribution in [1.29, 1.82) is 0 Å². The number of aromatic nitrogens is 2. The summed E-state index contributed by atoms with van der Waals surface area (Å²) in [5.74, 6) is -1.85. The molecule has 27 heavy (non-hydrogen) atoms. The van der Waals surface area contributed by atoms with Gasteiger partial charge in [0.25, 0.3) is 5.91 Å². The van der Waals surface area contributed by atoms with Gasteiger partial charge in [0.2, 0.25) is 0 Å². The van der Waals surface area contributed by atoms with E-state index < -0.39 is 23.6 Å². The lowest BCUT2D eigenvalue weighted by molar-refractivity contribution is -0.00686. The van der Waals surface area contributed by atoms with Crippen LogP contribution >= 0.6 is 0 Å². The minimum Gasteiger partial charge on any atom is -0.391 e. The number of rotatable bonds is 6. The summed E-state index contributed by atoms with van der Waals surface area (Å²) in [7, 11) is 0. The monoisotopic (exact) mass is 376 g/mol. The summed E-state index contributed by atoms with van der Waals surface area (Å²) in [6, 6.07) is 5.56. The predicted octanol–water partition coefficient (Wildman–Crippen LogP) is 2.71. The Kier molecular flexibility index (Phi) is 5.33. The lowest BCUT2D eigenvalue weighted by atomic mass is 10.2. The van der Waals surface area contributed by atoms with Gasteiger partial charge in [-0.3, -0.25) is 14.0 Å². The Bertz CT molecular complexity index is 988. The van der Waals surface area contributed by atoms with E-state index in [1.54, 1.807) is 13.0 Å². The first-order chi connectivity index (χ1) is 12.9. The minimum atomic E-state index is -0.794. The number of carbonyl (C=O) groups excluding carboxylic acids is 1. The number of hydroxylamine groups is 1. The van der Waals surface area contributed by atoms with Gasteiger partial charge in [0, 0.05) is 0 Å². The van der Waals surface area contributed by atoms with E-state index in [9.17, 15) is 18.7 Å². The highest BCUT2D eigenvalue weighted by molar-refractivity contribution is 5.99. The molecular formula is C18H18F2N4O3. The summed E-state index contributed by atoms with van der Waals surface area (Å²) in [6.07, 6.45) is 1.80. The number of anilines is 2. The first-order valence-electron chi connectivity index (χ1n) is 8.14. The molecule has 0 spiro atoms. The molecule has 0 saturated carbocycles. The highest BCUT2D eigenvalue weighted by atomic mass is 19.1. The number of carbonyl (C=O) groups is 1. The van der Waals surface area contributed by atoms with Crippen LogP contribution in [0.2, 0.25) is 0 Å². The molecule has 0 radical (unpaired) electrons. The van der Waals surface area contributed by atoms with Crippen molar-refractivity contribution in [2.45, 2.75) is 20.0 Å². The van der Waals surface area contributed by atoms with Gasteiger partial charge in [-0.1, -0.05) is 6.07 Å². The number of aryl methyl sites for hydroxylation is 1. The highest BCUT2D eigenvalue weighted by Crippen LogP contribution is 2.27. The molecule has 0 saturated heterocycles. The van der Waals surface area contributed by atoms with Gasteiger partial charge in [0.05, 0.1) is 23.6 Å². The topological polar surface area (TPSA) is 87.9 Å². The first-order valence-corrected chi connectivity index (χ1v) is 8.14. The van der Waals surface area contributed by atoms with Crippen LogP contribution in [0.1, 0.15) is 22.8 Å². The summed E-state index contributed by atoms with van der Waals surface area (Å²) >= 11 is 0. The third-order valence-corrected chi connectivity index (χ3v) is 3.76. The van der Waals surface area contributed by atoms with Crippen molar-refractivity contribution in [1.82, 2.24) is 14.9 Å². The van der Waals surface area contributed by atoms with Gasteiger partial charge < -0.3 is 10.4 Å². The average Bonchev–Trinajstić information content (AvgIpc) is 3.09. The Morgan fingerprint density at radius 2 is 2.11 bits per heavy atom. The lowest BCUT2D eigenvalue weighted by Crippen LogP contribution is -2.28. The molecule has 0 unspecified atom stereocenters. The molecule has 0 aliphatic heterocycles. The van der Waals surface area contributed by atoms with Crippen molar-refractivity contribution in [3.63, 3.8) is 0 Å². The fourth-order valence-electron chi connectivity index (χ4n) is 2.48. The summed E-state index contributed by atoms with van der Waals surface area (Å²) in [6.45, 7) is 3.09. The van der Waals surface area contributed by atoms with E-state index in [0.29, 0.717) is 0 Å². The lowest BCUT2D eigenvalue weighted by Gasteiger charge is -2.16. The summed E-state index contributed by atoms with van der Waals surface area (Å²) in [5, 5.41) is 12.0. The molecule has 9 heteroatoms. The van der Waals surface area contributed by atoms with Crippen LogP contribution in [0.15, 0.2) is 36.8 Å². The van der Waals surface area contributed by atoms with Gasteiger partial charge >= 0.3 is 0 Å². The summed E-state index contributed by atoms with van der Waals surface area (Å²) < 4.78 is 29.9. The first kappa shape index (κ1) is 18.7. The normalized spacial score (nSPS) is 12.2. The second-order valence-corrected chi connectivity index (χ2v) is 6.10. The molecule has 7 nitrogen and oxygen atoms in total. The van der Waals surface area contributed by atoms with Gasteiger partial charge in [-0.05, 0) is 37.6 Å². The Morgan fingerprint density at radius 1 is 1.33 bits per heavy atom. The number of nitrogens with zero attached hydrogens (tertiary/aromatic N) is 2. The Balaban J connectivity index is 2.02. The van der Waals surface area contributed by atoms with Crippen molar-refractivity contribution in [3.05, 3.63) is 59.6 Å². The third kappa shape index (κ3) is 4.04. The standard InChI is InChI=1S/C18H18F2N4O3/c1-10-3-4-15(13(19)5-10)22-17-12(18(26)23-27-8-11(2)25)6-14(20)16-7-21-9-24(16)17/h3-7,9,11,22,25H,8H2,1-2H3,(H,23,26)/t11-/m0/s1. The molecule has 0 fully saturated rings. The number of pyridine rings is 1. The Morgan fingerprint density at radius 3 is 2.81 bits per heavy atom. The number of amides is 1. The number of benzene rings is 1. The average molecular weight is 376 g/mol. The summed E-state index contributed by atoms with van der Waals surface area (Å²) in [4.78, 5) is 21.2. The van der Waals surface area contributed by atoms with Crippen LogP contribution in [0.4, 0.5) is 20.3 Å². The molecule has 3 rings (SSSR count). The Labute approximate surface area is 153 Å². The SMILES string of the molecule is Cc1ccc(Nc2c(C(=O)NOC[C@H](C)O)cc(F)c3cncn23)c(F)c1. The minimum absolute atomic E-state index is 0.112. The maximum Gasteiger partial charge on any atom is 0.278 e. The molecule has 0 aliphatic rings. The van der Waals surface area contributed by atoms with Gasteiger partial charge in [0.15, 0.2) is 0 Å². The Hall–Kier alpha value is -3.04. The number of aliphatic hydroxyl groups excluding tert-OH is 1. The van der Waals surface area contributed by atoms with Gasteiger partial charge in [0.1, 0.15) is 35.9 Å². The van der Waals surface area contributed by atoms with Crippen LogP contribution in [-0.4, -0.2) is 33.1 Å². The molecule has 2 heterocycles. The molecule has 0 aliphatic carbocycles. The van der Waals surface area contributed by atoms with E-state index in [2.05, 4.69) is 15.8 Å². The number of halogens is 2. The van der Waals surface area contributed by atoms with Crippen molar-refractivity contribution < 1.29 is 23.5 Å². The van der Waals surface area contributed by atoms with E-state index in [1.165, 1.54) is 36.0 Å². The number of aliphatic hydroxyl groups is 1. The third-order valence-electron chi connectivity index (χ3n) is 3.76. The number of fused-ring (bicyclic) bond motifs is 1. The smallest absolute Gasteiger partial charge is 0.278 e. The van der Waals surface area contributed by atoms with E-state index >= 15 is 0 Å². The van der Waals surface area contributed by atoms with Crippen LogP contribution < -0.4 is 10.8 Å². The molecule has 2 aromatic heterocycles. The molecule has 0 bridgehead atoms. The zero-order valence-corrected chi connectivity index (χ0v) is 14.7. The van der Waals surface area contributed by atoms with Gasteiger partial charge in [-0.2, -0.15) is 0 Å². The molecule has 142 valence electrons. The van der Waals surface area contributed by atoms with Crippen molar-refractivity contribution in [2.75, 3.05) is 11.9 Å². The quantitative estimate of drug-likeness (QED) is 0.576. The molecule has 3 N–H and O–H groups in total. The molecule has 1 amide bonds. The second kappa shape index (κ2) is 7.68. The van der Waals surface area contributed by atoms with Crippen molar-refractivity contribution in [3.8, 4) is 0 Å². The van der Waals surface area contributed by atoms with Crippen LogP contribution in [0.5, 0.6) is 0 Å². The number of hydrogen-bond donors (Lipinski definition) is 3. The highest BCUT2D eigenvalue weighted by Gasteiger charge is 2.20. The molecular weight excluding hydrogens is 358 g/mol. The van der Waals surface area contributed by atoms with Crippen molar-refractivity contribution >= 4 is 22.9 Å². The zero-order valence-electron chi connectivity index (χ0n) is 14.7. The van der Waals surface area contributed by atoms with Crippen molar-refractivity contribution in [2.24, 2.45) is 0 Å². The number of nitrogens with one attached hydrogen (secondary N) is 2. The van der Waals surface area contributed by atoms with Crippen LogP contribution in [0, 0.1) is 18.6 Å². The fraction of sp³-hybridized carbons (Fsp3) is 0.222. The zero-order chi connectivity index (χ0) is 19.6. The van der Waals surface area contributed by atoms with Gasteiger partial charge in [-0.25, -0.2) is 19.2 Å². The summed E-state index contributed by atoms with van der Waals surface area (Å²) in [5.41, 5.74) is 2.97. The van der Waals surface area contributed by atoms with E-state index in [4.69, 9.17) is 4.84 Å². The number of hydrogen-bond acceptors (Lipinski definition) is 5. The largest absolute Gasteiger partial charge is 0.391 e. The fourth-order valence-corrected chi connectivity index (χ4v) is 2.48. The maximum absolute atomic E-state index is 14.3. The van der Waals surface area contributed by atoms with E-state index in [1.807, 2.05) is 0 Å².